The van der Waals surface area contributed by atoms with E-state index < -0.39 is 0 Å². The van der Waals surface area contributed by atoms with Gasteiger partial charge < -0.3 is 0 Å². The average Bonchev–Trinajstić information content (AvgIpc) is 1.36. The summed E-state index contributed by atoms with van der Waals surface area (Å²) in [5.41, 5.74) is 0. The Bertz CT molecular complexity index is 36.2. The van der Waals surface area contributed by atoms with Crippen LogP contribution in [0, 0.1) is 0 Å². The minimum atomic E-state index is 0. The second-order valence-electron chi connectivity index (χ2n) is 1.69. The van der Waals surface area contributed by atoms with Gasteiger partial charge in [-0.3, -0.25) is 0 Å². The molecule has 0 aliphatic heterocycles. The van der Waals surface area contributed by atoms with E-state index >= 15 is 0 Å². The summed E-state index contributed by atoms with van der Waals surface area (Å²) < 4.78 is 0. The second-order valence-corrected chi connectivity index (χ2v) is 1.69. The third-order valence-electron chi connectivity index (χ3n) is 0.800. The predicted molar refractivity (Wildman–Crippen MR) is 27.4 cm³/mol. The number of nitrogens with zero attached hydrogens (tertiary/aromatic N) is 2. The number of hydrogen-bond acceptors (Lipinski definition) is 2. The largest absolute Gasteiger partial charge is 0.248 e. The molecular formula is C4H12N2W4. The summed E-state index contributed by atoms with van der Waals surface area (Å²) in [6.45, 7) is 0. The van der Waals surface area contributed by atoms with Gasteiger partial charge in [0, 0.05) is 112 Å². The van der Waals surface area contributed by atoms with Gasteiger partial charge in [-0.2, -0.15) is 0 Å². The topological polar surface area (TPSA) is 6.48 Å². The maximum absolute atomic E-state index is 2.00. The molecule has 0 aromatic heterocycles. The fourth-order valence-corrected chi connectivity index (χ4v) is 0. The molecule has 0 bridgehead atoms. The molecule has 0 aromatic rings. The SMILES string of the molecule is CN(C)N(C)C.[W].[W].[W].[W]. The van der Waals surface area contributed by atoms with Gasteiger partial charge in [0.15, 0.2) is 0 Å². The fraction of sp³-hybridized carbons (Fsp3) is 1.00. The molecule has 0 N–H and O–H groups in total. The third kappa shape index (κ3) is 22.4. The zero-order chi connectivity index (χ0) is 5.15. The van der Waals surface area contributed by atoms with Crippen LogP contribution in [-0.2, 0) is 84.3 Å². The van der Waals surface area contributed by atoms with E-state index in [1.54, 1.807) is 0 Å². The van der Waals surface area contributed by atoms with E-state index in [1.165, 1.54) is 0 Å². The van der Waals surface area contributed by atoms with Crippen molar-refractivity contribution in [3.63, 3.8) is 0 Å². The van der Waals surface area contributed by atoms with Crippen LogP contribution < -0.4 is 0 Å². The molecule has 0 amide bonds. The van der Waals surface area contributed by atoms with Crippen LogP contribution in [0.5, 0.6) is 0 Å². The van der Waals surface area contributed by atoms with Crippen molar-refractivity contribution >= 4 is 0 Å². The number of hydrogen-bond donors (Lipinski definition) is 0. The smallest absolute Gasteiger partial charge is 0.00151 e. The van der Waals surface area contributed by atoms with Crippen molar-refractivity contribution < 1.29 is 84.3 Å². The van der Waals surface area contributed by atoms with Gasteiger partial charge in [-0.05, 0) is 0 Å². The Balaban J connectivity index is -0.0000000208. The molecule has 62 valence electrons. The van der Waals surface area contributed by atoms with Crippen molar-refractivity contribution in [3.8, 4) is 0 Å². The molecule has 0 rings (SSSR count). The molecule has 0 saturated heterocycles. The zero-order valence-corrected chi connectivity index (χ0v) is 18.3. The van der Waals surface area contributed by atoms with Gasteiger partial charge in [0.05, 0.1) is 0 Å². The summed E-state index contributed by atoms with van der Waals surface area (Å²) in [6, 6.07) is 0. The molecule has 0 aromatic carbocycles. The van der Waals surface area contributed by atoms with Crippen molar-refractivity contribution in [1.82, 2.24) is 10.0 Å². The minimum absolute atomic E-state index is 0. The minimum Gasteiger partial charge on any atom is -0.248 e. The van der Waals surface area contributed by atoms with Gasteiger partial charge in [-0.25, -0.2) is 10.0 Å². The van der Waals surface area contributed by atoms with Crippen LogP contribution in [0.3, 0.4) is 0 Å². The quantitative estimate of drug-likeness (QED) is 0.345. The predicted octanol–water partition coefficient (Wildman–Crippen LogP) is 0.0146. The van der Waals surface area contributed by atoms with Crippen LogP contribution in [0.15, 0.2) is 0 Å². The van der Waals surface area contributed by atoms with Crippen molar-refractivity contribution in [1.29, 1.82) is 0 Å². The molecule has 10 heavy (non-hydrogen) atoms. The summed E-state index contributed by atoms with van der Waals surface area (Å²) in [5, 5.41) is 4.00. The molecule has 0 aliphatic carbocycles. The fourth-order valence-electron chi connectivity index (χ4n) is 0. The van der Waals surface area contributed by atoms with Gasteiger partial charge in [0.1, 0.15) is 0 Å². The Hall–Kier alpha value is 2.67. The summed E-state index contributed by atoms with van der Waals surface area (Å²) in [4.78, 5) is 0. The monoisotopic (exact) mass is 824 g/mol. The normalized spacial score (nSPS) is 6.60. The first kappa shape index (κ1) is 29.3. The van der Waals surface area contributed by atoms with Gasteiger partial charge in [-0.15, -0.1) is 0 Å². The van der Waals surface area contributed by atoms with E-state index in [9.17, 15) is 0 Å². The molecule has 0 saturated carbocycles. The molecule has 0 unspecified atom stereocenters. The van der Waals surface area contributed by atoms with Crippen molar-refractivity contribution in [2.45, 2.75) is 0 Å². The van der Waals surface area contributed by atoms with Crippen molar-refractivity contribution in [2.24, 2.45) is 0 Å². The van der Waals surface area contributed by atoms with Gasteiger partial charge in [0.25, 0.3) is 0 Å². The first-order valence-corrected chi connectivity index (χ1v) is 1.99. The van der Waals surface area contributed by atoms with E-state index in [0.29, 0.717) is 0 Å². The molecule has 0 atom stereocenters. The molecule has 6 heteroatoms. The Morgan fingerprint density at radius 2 is 0.600 bits per heavy atom. The second kappa shape index (κ2) is 17.7. The van der Waals surface area contributed by atoms with Crippen LogP contribution in [0.25, 0.3) is 0 Å². The first-order valence-electron chi connectivity index (χ1n) is 1.99. The zero-order valence-electron chi connectivity index (χ0n) is 6.53. The van der Waals surface area contributed by atoms with E-state index in [2.05, 4.69) is 0 Å². The molecule has 0 spiro atoms. The maximum atomic E-state index is 2.00. The van der Waals surface area contributed by atoms with Gasteiger partial charge in [0.2, 0.25) is 0 Å². The van der Waals surface area contributed by atoms with Crippen LogP contribution in [0.1, 0.15) is 0 Å². The Kier molecular flexibility index (Phi) is 51.8. The molecule has 0 radical (unpaired) electrons. The molecule has 0 aliphatic rings. The standard InChI is InChI=1S/C4H12N2.4W/c1-5(2)6(3)4;;;;/h1-4H3;;;;. The van der Waals surface area contributed by atoms with Crippen LogP contribution >= 0.6 is 0 Å². The molecule has 0 fully saturated rings. The van der Waals surface area contributed by atoms with Crippen molar-refractivity contribution in [3.05, 3.63) is 0 Å². The van der Waals surface area contributed by atoms with Gasteiger partial charge in [-0.1, -0.05) is 0 Å². The van der Waals surface area contributed by atoms with E-state index in [4.69, 9.17) is 0 Å². The summed E-state index contributed by atoms with van der Waals surface area (Å²) in [6.07, 6.45) is 0. The van der Waals surface area contributed by atoms with Crippen LogP contribution in [0.4, 0.5) is 0 Å². The summed E-state index contributed by atoms with van der Waals surface area (Å²) in [5.74, 6) is 0. The third-order valence-corrected chi connectivity index (χ3v) is 0.800. The summed E-state index contributed by atoms with van der Waals surface area (Å²) >= 11 is 0. The van der Waals surface area contributed by atoms with Crippen LogP contribution in [-0.4, -0.2) is 38.2 Å². The van der Waals surface area contributed by atoms with E-state index in [1.807, 2.05) is 38.2 Å². The van der Waals surface area contributed by atoms with Gasteiger partial charge >= 0.3 is 0 Å². The van der Waals surface area contributed by atoms with E-state index in [-0.39, 0.29) is 84.3 Å². The Morgan fingerprint density at radius 1 is 0.500 bits per heavy atom. The van der Waals surface area contributed by atoms with Crippen molar-refractivity contribution in [2.75, 3.05) is 28.2 Å². The maximum Gasteiger partial charge on any atom is 0.00151 e. The first-order chi connectivity index (χ1) is 2.64. The summed E-state index contributed by atoms with van der Waals surface area (Å²) in [7, 11) is 8.00. The number of rotatable bonds is 1. The number of hydrazine groups is 1. The molecular weight excluding hydrogens is 811 g/mol. The Labute approximate surface area is 121 Å². The average molecular weight is 824 g/mol. The van der Waals surface area contributed by atoms with E-state index in [0.717, 1.165) is 0 Å². The molecule has 2 nitrogen and oxygen atoms in total. The Morgan fingerprint density at radius 3 is 0.600 bits per heavy atom. The molecule has 0 heterocycles. The van der Waals surface area contributed by atoms with Crippen LogP contribution in [0.2, 0.25) is 0 Å².